The van der Waals surface area contributed by atoms with E-state index >= 15 is 0 Å². The molecule has 0 amide bonds. The summed E-state index contributed by atoms with van der Waals surface area (Å²) in [5.41, 5.74) is 6.40. The van der Waals surface area contributed by atoms with Gasteiger partial charge < -0.3 is 10.3 Å². The third kappa shape index (κ3) is 1.89. The van der Waals surface area contributed by atoms with E-state index in [1.54, 1.807) is 13.1 Å². The third-order valence-corrected chi connectivity index (χ3v) is 3.16. The second-order valence-corrected chi connectivity index (χ2v) is 4.46. The second kappa shape index (κ2) is 3.90. The molecule has 0 aromatic carbocycles. The summed E-state index contributed by atoms with van der Waals surface area (Å²) in [6.45, 7) is 1.73. The van der Waals surface area contributed by atoms with Crippen molar-refractivity contribution in [3.63, 3.8) is 0 Å². The van der Waals surface area contributed by atoms with Gasteiger partial charge in [0.05, 0.1) is 10.0 Å². The Balaban J connectivity index is 2.66. The molecule has 0 aliphatic rings. The summed E-state index contributed by atoms with van der Waals surface area (Å²) in [7, 11) is 0. The van der Waals surface area contributed by atoms with Crippen LogP contribution in [0.1, 0.15) is 5.89 Å². The summed E-state index contributed by atoms with van der Waals surface area (Å²) < 4.78 is 6.31. The molecule has 0 spiro atoms. The molecule has 0 saturated heterocycles. The van der Waals surface area contributed by atoms with Gasteiger partial charge in [0, 0.05) is 17.6 Å². The number of hydrogen-bond donors (Lipinski definition) is 1. The van der Waals surface area contributed by atoms with E-state index in [1.807, 2.05) is 0 Å². The molecule has 5 nitrogen and oxygen atoms in total. The SMILES string of the molecule is Cc1nc(-c2c(Br)cnc(N)c2Br)no1. The van der Waals surface area contributed by atoms with E-state index < -0.39 is 0 Å². The number of aryl methyl sites for hydroxylation is 1. The number of halogens is 2. The minimum Gasteiger partial charge on any atom is -0.383 e. The first kappa shape index (κ1) is 10.6. The summed E-state index contributed by atoms with van der Waals surface area (Å²) >= 11 is 6.70. The van der Waals surface area contributed by atoms with Gasteiger partial charge in [0.1, 0.15) is 5.82 Å². The fraction of sp³-hybridized carbons (Fsp3) is 0.125. The predicted octanol–water partition coefficient (Wildman–Crippen LogP) is 2.55. The zero-order chi connectivity index (χ0) is 11.0. The minimum absolute atomic E-state index is 0.385. The highest BCUT2D eigenvalue weighted by molar-refractivity contribution is 9.11. The summed E-state index contributed by atoms with van der Waals surface area (Å²) in [5.74, 6) is 1.36. The van der Waals surface area contributed by atoms with Crippen molar-refractivity contribution in [3.05, 3.63) is 21.0 Å². The van der Waals surface area contributed by atoms with Gasteiger partial charge in [-0.1, -0.05) is 5.16 Å². The highest BCUT2D eigenvalue weighted by Crippen LogP contribution is 2.35. The smallest absolute Gasteiger partial charge is 0.223 e. The van der Waals surface area contributed by atoms with Crippen molar-refractivity contribution in [3.8, 4) is 11.4 Å². The molecular formula is C8H6Br2N4O. The standard InChI is InChI=1S/C8H6Br2N4O/c1-3-13-8(14-15-3)5-4(9)2-12-7(11)6(5)10/h2H,1H3,(H2,11,12). The van der Waals surface area contributed by atoms with E-state index in [4.69, 9.17) is 10.3 Å². The summed E-state index contributed by atoms with van der Waals surface area (Å²) in [6.07, 6.45) is 1.60. The summed E-state index contributed by atoms with van der Waals surface area (Å²) in [6, 6.07) is 0. The quantitative estimate of drug-likeness (QED) is 0.867. The predicted molar refractivity (Wildman–Crippen MR) is 62.1 cm³/mol. The Hall–Kier alpha value is -0.950. The molecule has 2 rings (SSSR count). The number of nitrogen functional groups attached to an aromatic ring is 1. The fourth-order valence-electron chi connectivity index (χ4n) is 1.09. The molecule has 2 N–H and O–H groups in total. The zero-order valence-corrected chi connectivity index (χ0v) is 10.8. The minimum atomic E-state index is 0.385. The van der Waals surface area contributed by atoms with E-state index in [9.17, 15) is 0 Å². The summed E-state index contributed by atoms with van der Waals surface area (Å²) in [5, 5.41) is 3.82. The van der Waals surface area contributed by atoms with Crippen LogP contribution in [0.4, 0.5) is 5.82 Å². The molecule has 15 heavy (non-hydrogen) atoms. The molecule has 78 valence electrons. The molecule has 0 fully saturated rings. The van der Waals surface area contributed by atoms with Gasteiger partial charge in [0.15, 0.2) is 0 Å². The van der Waals surface area contributed by atoms with Crippen LogP contribution in [0, 0.1) is 6.92 Å². The van der Waals surface area contributed by atoms with Crippen molar-refractivity contribution in [1.82, 2.24) is 15.1 Å². The summed E-state index contributed by atoms with van der Waals surface area (Å²) in [4.78, 5) is 8.09. The lowest BCUT2D eigenvalue weighted by Crippen LogP contribution is -1.95. The first-order valence-electron chi connectivity index (χ1n) is 3.99. The first-order valence-corrected chi connectivity index (χ1v) is 5.58. The van der Waals surface area contributed by atoms with Gasteiger partial charge in [0.25, 0.3) is 0 Å². The molecule has 7 heteroatoms. The second-order valence-electron chi connectivity index (χ2n) is 2.82. The number of hydrogen-bond acceptors (Lipinski definition) is 5. The van der Waals surface area contributed by atoms with Crippen LogP contribution in [0.2, 0.25) is 0 Å². The van der Waals surface area contributed by atoms with Crippen LogP contribution in [0.25, 0.3) is 11.4 Å². The number of rotatable bonds is 1. The topological polar surface area (TPSA) is 77.8 Å². The van der Waals surface area contributed by atoms with Crippen LogP contribution in [0.15, 0.2) is 19.7 Å². The van der Waals surface area contributed by atoms with Crippen LogP contribution in [-0.4, -0.2) is 15.1 Å². The highest BCUT2D eigenvalue weighted by atomic mass is 79.9. The van der Waals surface area contributed by atoms with Crippen molar-refractivity contribution in [1.29, 1.82) is 0 Å². The van der Waals surface area contributed by atoms with Crippen molar-refractivity contribution in [2.24, 2.45) is 0 Å². The molecule has 2 aromatic heterocycles. The number of aromatic nitrogens is 3. The van der Waals surface area contributed by atoms with Crippen molar-refractivity contribution < 1.29 is 4.52 Å². The van der Waals surface area contributed by atoms with Gasteiger partial charge >= 0.3 is 0 Å². The lowest BCUT2D eigenvalue weighted by Gasteiger charge is -2.04. The normalized spacial score (nSPS) is 10.6. The number of nitrogens with zero attached hydrogens (tertiary/aromatic N) is 3. The zero-order valence-electron chi connectivity index (χ0n) is 7.66. The first-order chi connectivity index (χ1) is 7.09. The van der Waals surface area contributed by atoms with Crippen molar-refractivity contribution in [2.75, 3.05) is 5.73 Å². The number of pyridine rings is 1. The maximum atomic E-state index is 5.67. The number of nitrogens with two attached hydrogens (primary N) is 1. The molecule has 0 saturated carbocycles. The Labute approximate surface area is 102 Å². The van der Waals surface area contributed by atoms with Crippen LogP contribution in [0.5, 0.6) is 0 Å². The number of anilines is 1. The van der Waals surface area contributed by atoms with Gasteiger partial charge in [0.2, 0.25) is 11.7 Å². The van der Waals surface area contributed by atoms with Gasteiger partial charge in [-0.3, -0.25) is 0 Å². The average Bonchev–Trinajstić information content (AvgIpc) is 2.59. The van der Waals surface area contributed by atoms with Crippen LogP contribution < -0.4 is 5.73 Å². The molecule has 2 aromatic rings. The van der Waals surface area contributed by atoms with Crippen LogP contribution in [0.3, 0.4) is 0 Å². The van der Waals surface area contributed by atoms with Crippen molar-refractivity contribution >= 4 is 37.7 Å². The molecule has 0 unspecified atom stereocenters. The molecule has 2 heterocycles. The molecule has 0 bridgehead atoms. The fourth-order valence-corrected chi connectivity index (χ4v) is 2.32. The lowest BCUT2D eigenvalue weighted by atomic mass is 10.2. The highest BCUT2D eigenvalue weighted by Gasteiger charge is 2.16. The van der Waals surface area contributed by atoms with Crippen LogP contribution >= 0.6 is 31.9 Å². The lowest BCUT2D eigenvalue weighted by molar-refractivity contribution is 0.394. The van der Waals surface area contributed by atoms with E-state index in [2.05, 4.69) is 47.0 Å². The van der Waals surface area contributed by atoms with Gasteiger partial charge in [-0.2, -0.15) is 4.98 Å². The maximum absolute atomic E-state index is 5.67. The Bertz CT molecular complexity index is 511. The Kier molecular flexibility index (Phi) is 2.74. The molecule has 0 aliphatic carbocycles. The largest absolute Gasteiger partial charge is 0.383 e. The van der Waals surface area contributed by atoms with Gasteiger partial charge in [-0.05, 0) is 31.9 Å². The van der Waals surface area contributed by atoms with Gasteiger partial charge in [-0.15, -0.1) is 0 Å². The van der Waals surface area contributed by atoms with E-state index in [-0.39, 0.29) is 0 Å². The molecule has 0 aliphatic heterocycles. The Morgan fingerprint density at radius 2 is 2.13 bits per heavy atom. The monoisotopic (exact) mass is 332 g/mol. The molecular weight excluding hydrogens is 328 g/mol. The average molecular weight is 334 g/mol. The van der Waals surface area contributed by atoms with Gasteiger partial charge in [-0.25, -0.2) is 4.98 Å². The molecule has 0 radical (unpaired) electrons. The van der Waals surface area contributed by atoms with E-state index in [0.29, 0.717) is 22.0 Å². The van der Waals surface area contributed by atoms with E-state index in [0.717, 1.165) is 10.0 Å². The molecule has 0 atom stereocenters. The third-order valence-electron chi connectivity index (χ3n) is 1.75. The van der Waals surface area contributed by atoms with E-state index in [1.165, 1.54) is 0 Å². The maximum Gasteiger partial charge on any atom is 0.223 e. The van der Waals surface area contributed by atoms with Crippen LogP contribution in [-0.2, 0) is 0 Å². The Morgan fingerprint density at radius 3 is 2.73 bits per heavy atom. The van der Waals surface area contributed by atoms with Crippen molar-refractivity contribution in [2.45, 2.75) is 6.92 Å². The Morgan fingerprint density at radius 1 is 1.40 bits per heavy atom.